The Morgan fingerprint density at radius 3 is 2.20 bits per heavy atom. The third-order valence-electron chi connectivity index (χ3n) is 4.91. The molecule has 0 bridgehead atoms. The van der Waals surface area contributed by atoms with E-state index < -0.39 is 11.7 Å². The lowest BCUT2D eigenvalue weighted by atomic mass is 9.82. The molecule has 5 heteroatoms. The summed E-state index contributed by atoms with van der Waals surface area (Å²) in [6.45, 7) is 8.74. The minimum Gasteiger partial charge on any atom is -0.465 e. The van der Waals surface area contributed by atoms with E-state index in [1.807, 2.05) is 27.7 Å². The lowest BCUT2D eigenvalue weighted by molar-refractivity contribution is -0.164. The van der Waals surface area contributed by atoms with Gasteiger partial charge in [-0.05, 0) is 51.9 Å². The minimum absolute atomic E-state index is 0.0317. The van der Waals surface area contributed by atoms with Crippen LogP contribution in [0.15, 0.2) is 0 Å². The van der Waals surface area contributed by atoms with Crippen molar-refractivity contribution in [3.05, 3.63) is 0 Å². The number of ether oxygens (including phenoxy) is 1. The van der Waals surface area contributed by atoms with E-state index in [2.05, 4.69) is 0 Å². The highest BCUT2D eigenvalue weighted by Crippen LogP contribution is 2.71. The first-order chi connectivity index (χ1) is 9.16. The lowest BCUT2D eigenvalue weighted by Crippen LogP contribution is -2.41. The summed E-state index contributed by atoms with van der Waals surface area (Å²) in [5.41, 5.74) is -0.883. The van der Waals surface area contributed by atoms with Crippen LogP contribution in [0.25, 0.3) is 0 Å². The molecule has 0 aromatic carbocycles. The van der Waals surface area contributed by atoms with Crippen molar-refractivity contribution >= 4 is 12.1 Å². The molecule has 0 aromatic heterocycles. The number of hydrogen-bond acceptors (Lipinski definition) is 3. The molecule has 0 aromatic rings. The Bertz CT molecular complexity index is 418. The van der Waals surface area contributed by atoms with Gasteiger partial charge < -0.3 is 14.7 Å². The summed E-state index contributed by atoms with van der Waals surface area (Å²) in [5.74, 6) is -0.101. The van der Waals surface area contributed by atoms with Gasteiger partial charge in [0, 0.05) is 13.1 Å². The van der Waals surface area contributed by atoms with Crippen LogP contribution in [0.5, 0.6) is 0 Å². The molecular weight excluding hydrogens is 258 g/mol. The first-order valence-electron chi connectivity index (χ1n) is 7.37. The van der Waals surface area contributed by atoms with Gasteiger partial charge in [-0.25, -0.2) is 4.79 Å². The second-order valence-electron chi connectivity index (χ2n) is 7.16. The fraction of sp³-hybridized carbons (Fsp3) is 0.867. The highest BCUT2D eigenvalue weighted by atomic mass is 16.6. The number of likely N-dealkylation sites (tertiary alicyclic amines) is 1. The molecule has 2 aliphatic rings. The van der Waals surface area contributed by atoms with Crippen LogP contribution in [0.1, 0.15) is 53.4 Å². The number of esters is 1. The van der Waals surface area contributed by atoms with Gasteiger partial charge in [-0.1, -0.05) is 6.92 Å². The van der Waals surface area contributed by atoms with E-state index in [1.54, 1.807) is 0 Å². The molecule has 2 fully saturated rings. The van der Waals surface area contributed by atoms with Crippen molar-refractivity contribution in [1.29, 1.82) is 0 Å². The maximum Gasteiger partial charge on any atom is 0.407 e. The number of amides is 1. The van der Waals surface area contributed by atoms with Crippen molar-refractivity contribution in [2.24, 2.45) is 10.8 Å². The molecule has 1 N–H and O–H groups in total. The zero-order chi connectivity index (χ0) is 15.2. The zero-order valence-electron chi connectivity index (χ0n) is 12.9. The average molecular weight is 283 g/mol. The highest BCUT2D eigenvalue weighted by molar-refractivity contribution is 5.82. The van der Waals surface area contributed by atoms with Crippen molar-refractivity contribution in [1.82, 2.24) is 4.90 Å². The number of nitrogens with zero attached hydrogens (tertiary/aromatic N) is 1. The van der Waals surface area contributed by atoms with Crippen molar-refractivity contribution in [2.45, 2.75) is 59.0 Å². The second-order valence-corrected chi connectivity index (χ2v) is 7.16. The Hall–Kier alpha value is -1.26. The summed E-state index contributed by atoms with van der Waals surface area (Å²) in [5, 5.41) is 9.01. The Labute approximate surface area is 120 Å². The summed E-state index contributed by atoms with van der Waals surface area (Å²) in [4.78, 5) is 24.9. The monoisotopic (exact) mass is 283 g/mol. The summed E-state index contributed by atoms with van der Waals surface area (Å²) in [6.07, 6.45) is 2.30. The molecular formula is C15H25NO4. The van der Waals surface area contributed by atoms with E-state index in [9.17, 15) is 9.59 Å². The van der Waals surface area contributed by atoms with Crippen LogP contribution < -0.4 is 0 Å². The highest BCUT2D eigenvalue weighted by Gasteiger charge is 2.71. The fourth-order valence-corrected chi connectivity index (χ4v) is 3.62. The van der Waals surface area contributed by atoms with E-state index >= 15 is 0 Å². The SMILES string of the molecule is CCC1(C(=O)OC(C)(C)C)CC12CCN(C(=O)O)CC2. The summed E-state index contributed by atoms with van der Waals surface area (Å²) in [6, 6.07) is 0. The number of carbonyl (C=O) groups is 2. The van der Waals surface area contributed by atoms with E-state index in [0.29, 0.717) is 13.1 Å². The molecule has 20 heavy (non-hydrogen) atoms. The summed E-state index contributed by atoms with van der Waals surface area (Å²) < 4.78 is 5.59. The molecule has 1 amide bonds. The second kappa shape index (κ2) is 4.64. The van der Waals surface area contributed by atoms with Crippen LogP contribution in [0.2, 0.25) is 0 Å². The van der Waals surface area contributed by atoms with Gasteiger partial charge in [0.05, 0.1) is 5.41 Å². The molecule has 1 unspecified atom stereocenters. The van der Waals surface area contributed by atoms with Crippen LogP contribution >= 0.6 is 0 Å². The zero-order valence-corrected chi connectivity index (χ0v) is 12.9. The van der Waals surface area contributed by atoms with Crippen molar-refractivity contribution < 1.29 is 19.4 Å². The normalized spacial score (nSPS) is 28.3. The Morgan fingerprint density at radius 1 is 1.25 bits per heavy atom. The van der Waals surface area contributed by atoms with Gasteiger partial charge in [0.2, 0.25) is 0 Å². The van der Waals surface area contributed by atoms with Crippen molar-refractivity contribution in [2.75, 3.05) is 13.1 Å². The van der Waals surface area contributed by atoms with Crippen LogP contribution in [0.3, 0.4) is 0 Å². The van der Waals surface area contributed by atoms with Crippen LogP contribution in [-0.4, -0.2) is 40.8 Å². The number of rotatable bonds is 2. The molecule has 2 rings (SSSR count). The molecule has 1 saturated heterocycles. The number of hydrogen-bond donors (Lipinski definition) is 1. The molecule has 1 atom stereocenters. The number of piperidine rings is 1. The van der Waals surface area contributed by atoms with Gasteiger partial charge >= 0.3 is 12.1 Å². The van der Waals surface area contributed by atoms with Gasteiger partial charge in [0.1, 0.15) is 5.60 Å². The van der Waals surface area contributed by atoms with Crippen molar-refractivity contribution in [3.63, 3.8) is 0 Å². The topological polar surface area (TPSA) is 66.8 Å². The lowest BCUT2D eigenvalue weighted by Gasteiger charge is -2.34. The quantitative estimate of drug-likeness (QED) is 0.791. The Kier molecular flexibility index (Phi) is 3.51. The third kappa shape index (κ3) is 2.38. The Balaban J connectivity index is 2.06. The maximum absolute atomic E-state index is 12.5. The van der Waals surface area contributed by atoms with E-state index in [-0.39, 0.29) is 16.8 Å². The standard InChI is InChI=1S/C15H25NO4/c1-5-15(11(17)20-13(2,3)4)10-14(15)6-8-16(9-7-14)12(18)19/h5-10H2,1-4H3,(H,18,19). The van der Waals surface area contributed by atoms with Crippen molar-refractivity contribution in [3.8, 4) is 0 Å². The smallest absolute Gasteiger partial charge is 0.407 e. The summed E-state index contributed by atoms with van der Waals surface area (Å²) >= 11 is 0. The third-order valence-corrected chi connectivity index (χ3v) is 4.91. The summed E-state index contributed by atoms with van der Waals surface area (Å²) in [7, 11) is 0. The van der Waals surface area contributed by atoms with E-state index in [1.165, 1.54) is 4.90 Å². The molecule has 1 aliphatic heterocycles. The van der Waals surface area contributed by atoms with Gasteiger partial charge in [0.15, 0.2) is 0 Å². The fourth-order valence-electron chi connectivity index (χ4n) is 3.62. The molecule has 0 radical (unpaired) electrons. The van der Waals surface area contributed by atoms with E-state index in [0.717, 1.165) is 25.7 Å². The van der Waals surface area contributed by atoms with Gasteiger partial charge in [-0.15, -0.1) is 0 Å². The number of carbonyl (C=O) groups excluding carboxylic acids is 1. The molecule has 1 heterocycles. The predicted molar refractivity (Wildman–Crippen MR) is 74.5 cm³/mol. The molecule has 5 nitrogen and oxygen atoms in total. The average Bonchev–Trinajstić information content (AvgIpc) is 2.96. The molecule has 114 valence electrons. The predicted octanol–water partition coefficient (Wildman–Crippen LogP) is 2.89. The van der Waals surface area contributed by atoms with E-state index in [4.69, 9.17) is 9.84 Å². The van der Waals surface area contributed by atoms with Gasteiger partial charge in [-0.3, -0.25) is 4.79 Å². The first-order valence-corrected chi connectivity index (χ1v) is 7.37. The molecule has 1 aliphatic carbocycles. The largest absolute Gasteiger partial charge is 0.465 e. The molecule has 1 spiro atoms. The van der Waals surface area contributed by atoms with Crippen LogP contribution in [0.4, 0.5) is 4.79 Å². The van der Waals surface area contributed by atoms with Gasteiger partial charge in [-0.2, -0.15) is 0 Å². The van der Waals surface area contributed by atoms with Crippen LogP contribution in [0, 0.1) is 10.8 Å². The minimum atomic E-state index is -0.861. The van der Waals surface area contributed by atoms with Gasteiger partial charge in [0.25, 0.3) is 0 Å². The maximum atomic E-state index is 12.5. The molecule has 1 saturated carbocycles. The number of carboxylic acid groups (broad SMARTS) is 1. The Morgan fingerprint density at radius 2 is 1.80 bits per heavy atom. The first kappa shape index (κ1) is 15.1. The van der Waals surface area contributed by atoms with Crippen LogP contribution in [-0.2, 0) is 9.53 Å².